The first kappa shape index (κ1) is 7.17. The van der Waals surface area contributed by atoms with E-state index in [0.29, 0.717) is 5.69 Å². The largest absolute Gasteiger partial charge is 0.247 e. The molecule has 0 bridgehead atoms. The quantitative estimate of drug-likeness (QED) is 0.446. The van der Waals surface area contributed by atoms with Crippen LogP contribution in [0.1, 0.15) is 5.69 Å². The molecule has 1 aromatic heterocycles. The first-order valence-corrected chi connectivity index (χ1v) is 4.06. The molecule has 50 valence electrons. The van der Waals surface area contributed by atoms with Gasteiger partial charge in [0.2, 0.25) is 0 Å². The number of rotatable bonds is 1. The maximum absolute atomic E-state index is 5.12. The summed E-state index contributed by atoms with van der Waals surface area (Å²) in [7, 11) is 0. The summed E-state index contributed by atoms with van der Waals surface area (Å²) in [5.41, 5.74) is 0.692. The van der Waals surface area contributed by atoms with Crippen LogP contribution < -0.4 is 0 Å². The summed E-state index contributed by atoms with van der Waals surface area (Å²) in [6.45, 7) is 0. The number of aromatic nitrogens is 1. The van der Waals surface area contributed by atoms with Crippen LogP contribution in [-0.4, -0.2) is 11.2 Å². The van der Waals surface area contributed by atoms with Crippen LogP contribution >= 0.6 is 11.8 Å². The van der Waals surface area contributed by atoms with Crippen LogP contribution in [0.25, 0.3) is 0 Å². The maximum atomic E-state index is 5.12. The van der Waals surface area contributed by atoms with Crippen LogP contribution in [0.3, 0.4) is 0 Å². The average Bonchev–Trinajstić information content (AvgIpc) is 2.05. The van der Waals surface area contributed by atoms with Gasteiger partial charge in [-0.05, 0) is 18.4 Å². The molecule has 0 aliphatic carbocycles. The summed E-state index contributed by atoms with van der Waals surface area (Å²) in [6.07, 6.45) is 8.91. The number of hydrogen-bond donors (Lipinski definition) is 0. The predicted octanol–water partition coefficient (Wildman–Crippen LogP) is 1.78. The zero-order valence-corrected chi connectivity index (χ0v) is 6.48. The summed E-state index contributed by atoms with van der Waals surface area (Å²) in [5, 5.41) is 0. The van der Waals surface area contributed by atoms with Gasteiger partial charge in [0.1, 0.15) is 5.69 Å². The van der Waals surface area contributed by atoms with E-state index in [4.69, 9.17) is 6.42 Å². The van der Waals surface area contributed by atoms with E-state index >= 15 is 0 Å². The maximum Gasteiger partial charge on any atom is 0.112 e. The highest BCUT2D eigenvalue weighted by Crippen LogP contribution is 2.11. The van der Waals surface area contributed by atoms with E-state index in [-0.39, 0.29) is 0 Å². The smallest absolute Gasteiger partial charge is 0.112 e. The molecule has 0 saturated carbocycles. The molecular formula is C8H7NS. The van der Waals surface area contributed by atoms with Crippen LogP contribution in [0, 0.1) is 12.3 Å². The predicted molar refractivity (Wildman–Crippen MR) is 44.0 cm³/mol. The highest BCUT2D eigenvalue weighted by molar-refractivity contribution is 7.98. The van der Waals surface area contributed by atoms with Crippen LogP contribution in [0.2, 0.25) is 0 Å². The Bertz CT molecular complexity index is 245. The molecule has 0 atom stereocenters. The van der Waals surface area contributed by atoms with Gasteiger partial charge in [-0.1, -0.05) is 5.92 Å². The molecule has 0 aliphatic heterocycles. The van der Waals surface area contributed by atoms with Crippen LogP contribution in [0.15, 0.2) is 23.2 Å². The second kappa shape index (κ2) is 3.28. The Balaban J connectivity index is 2.93. The van der Waals surface area contributed by atoms with Gasteiger partial charge in [0.05, 0.1) is 0 Å². The number of terminal acetylenes is 1. The van der Waals surface area contributed by atoms with Crippen molar-refractivity contribution in [1.82, 2.24) is 4.98 Å². The lowest BCUT2D eigenvalue weighted by Crippen LogP contribution is -1.79. The third-order valence-corrected chi connectivity index (χ3v) is 1.83. The zero-order valence-electron chi connectivity index (χ0n) is 5.66. The minimum atomic E-state index is 0.692. The van der Waals surface area contributed by atoms with Crippen molar-refractivity contribution in [3.63, 3.8) is 0 Å². The number of nitrogens with zero attached hydrogens (tertiary/aromatic N) is 1. The molecular weight excluding hydrogens is 142 g/mol. The van der Waals surface area contributed by atoms with Crippen molar-refractivity contribution in [2.45, 2.75) is 4.90 Å². The molecule has 0 unspecified atom stereocenters. The zero-order chi connectivity index (χ0) is 7.40. The van der Waals surface area contributed by atoms with Gasteiger partial charge in [-0.3, -0.25) is 0 Å². The normalized spacial score (nSPS) is 8.80. The van der Waals surface area contributed by atoms with Crippen molar-refractivity contribution in [1.29, 1.82) is 0 Å². The molecule has 1 heterocycles. The minimum absolute atomic E-state index is 0.692. The second-order valence-electron chi connectivity index (χ2n) is 1.73. The van der Waals surface area contributed by atoms with Gasteiger partial charge in [0, 0.05) is 11.1 Å². The fraction of sp³-hybridized carbons (Fsp3) is 0.125. The molecule has 2 heteroatoms. The van der Waals surface area contributed by atoms with Gasteiger partial charge in [-0.2, -0.15) is 0 Å². The lowest BCUT2D eigenvalue weighted by molar-refractivity contribution is 1.21. The second-order valence-corrected chi connectivity index (χ2v) is 2.61. The van der Waals surface area contributed by atoms with Gasteiger partial charge in [0.15, 0.2) is 0 Å². The fourth-order valence-electron chi connectivity index (χ4n) is 0.586. The van der Waals surface area contributed by atoms with E-state index in [1.807, 2.05) is 18.4 Å². The Labute approximate surface area is 64.9 Å². The Morgan fingerprint density at radius 2 is 2.40 bits per heavy atom. The standard InChI is InChI=1S/C8H7NS/c1-3-7-4-5-8(10-2)6-9-7/h1,4-6H,2H3. The first-order chi connectivity index (χ1) is 4.86. The van der Waals surface area contributed by atoms with Gasteiger partial charge in [-0.25, -0.2) is 4.98 Å². The highest BCUT2D eigenvalue weighted by Gasteiger charge is 1.88. The molecule has 0 aliphatic rings. The lowest BCUT2D eigenvalue weighted by Gasteiger charge is -1.92. The Kier molecular flexibility index (Phi) is 2.35. The van der Waals surface area contributed by atoms with Gasteiger partial charge in [-0.15, -0.1) is 18.2 Å². The van der Waals surface area contributed by atoms with Crippen LogP contribution in [0.5, 0.6) is 0 Å². The fourth-order valence-corrected chi connectivity index (χ4v) is 0.949. The average molecular weight is 149 g/mol. The number of hydrogen-bond acceptors (Lipinski definition) is 2. The Morgan fingerprint density at radius 1 is 1.60 bits per heavy atom. The summed E-state index contributed by atoms with van der Waals surface area (Å²) >= 11 is 1.66. The molecule has 0 spiro atoms. The van der Waals surface area contributed by atoms with E-state index in [2.05, 4.69) is 10.9 Å². The SMILES string of the molecule is C#Cc1ccc(SC)cn1. The molecule has 0 aromatic carbocycles. The van der Waals surface area contributed by atoms with Gasteiger partial charge in [0.25, 0.3) is 0 Å². The third kappa shape index (κ3) is 1.52. The molecule has 1 nitrogen and oxygen atoms in total. The number of pyridine rings is 1. The van der Waals surface area contributed by atoms with E-state index in [9.17, 15) is 0 Å². The molecule has 0 saturated heterocycles. The number of thioether (sulfide) groups is 1. The van der Waals surface area contributed by atoms with Crippen molar-refractivity contribution in [3.8, 4) is 12.3 Å². The van der Waals surface area contributed by atoms with Crippen molar-refractivity contribution in [3.05, 3.63) is 24.0 Å². The van der Waals surface area contributed by atoms with Crippen molar-refractivity contribution >= 4 is 11.8 Å². The van der Waals surface area contributed by atoms with E-state index in [1.54, 1.807) is 18.0 Å². The Hall–Kier alpha value is -0.940. The van der Waals surface area contributed by atoms with E-state index < -0.39 is 0 Å². The summed E-state index contributed by atoms with van der Waals surface area (Å²) in [4.78, 5) is 5.15. The van der Waals surface area contributed by atoms with Gasteiger partial charge >= 0.3 is 0 Å². The molecule has 0 amide bonds. The van der Waals surface area contributed by atoms with Crippen LogP contribution in [-0.2, 0) is 0 Å². The van der Waals surface area contributed by atoms with Crippen molar-refractivity contribution < 1.29 is 0 Å². The Morgan fingerprint density at radius 3 is 2.80 bits per heavy atom. The summed E-state index contributed by atoms with van der Waals surface area (Å²) in [6, 6.07) is 3.80. The van der Waals surface area contributed by atoms with Crippen molar-refractivity contribution in [2.75, 3.05) is 6.26 Å². The monoisotopic (exact) mass is 149 g/mol. The van der Waals surface area contributed by atoms with Gasteiger partial charge < -0.3 is 0 Å². The molecule has 1 aromatic rings. The lowest BCUT2D eigenvalue weighted by atomic mass is 10.4. The van der Waals surface area contributed by atoms with E-state index in [0.717, 1.165) is 4.90 Å². The molecule has 0 fully saturated rings. The topological polar surface area (TPSA) is 12.9 Å². The molecule has 1 rings (SSSR count). The third-order valence-electron chi connectivity index (χ3n) is 1.12. The van der Waals surface area contributed by atoms with Crippen molar-refractivity contribution in [2.24, 2.45) is 0 Å². The van der Waals surface area contributed by atoms with Crippen LogP contribution in [0.4, 0.5) is 0 Å². The van der Waals surface area contributed by atoms with E-state index in [1.165, 1.54) is 0 Å². The molecule has 0 N–H and O–H groups in total. The molecule has 10 heavy (non-hydrogen) atoms. The summed E-state index contributed by atoms with van der Waals surface area (Å²) in [5.74, 6) is 2.46. The molecule has 0 radical (unpaired) electrons. The first-order valence-electron chi connectivity index (χ1n) is 2.83. The minimum Gasteiger partial charge on any atom is -0.247 e. The highest BCUT2D eigenvalue weighted by atomic mass is 32.2. The summed E-state index contributed by atoms with van der Waals surface area (Å²) < 4.78 is 0.